The van der Waals surface area contributed by atoms with E-state index in [1.165, 1.54) is 41.5 Å². The first kappa shape index (κ1) is 55.0. The van der Waals surface area contributed by atoms with Crippen molar-refractivity contribution in [1.29, 1.82) is 0 Å². The summed E-state index contributed by atoms with van der Waals surface area (Å²) < 4.78 is 36.0. The van der Waals surface area contributed by atoms with Crippen LogP contribution >= 0.6 is 0 Å². The van der Waals surface area contributed by atoms with Crippen LogP contribution in [0.5, 0.6) is 0 Å². The Balaban J connectivity index is 1.19. The Hall–Kier alpha value is -2.78. The zero-order valence-electron chi connectivity index (χ0n) is 43.1. The number of aliphatic hydroxyl groups excluding tert-OH is 7. The van der Waals surface area contributed by atoms with Gasteiger partial charge in [0, 0.05) is 0 Å². The number of aliphatic carboxylic acids is 1. The number of carbonyl (C=O) groups is 4. The molecule has 0 aromatic heterocycles. The summed E-state index contributed by atoms with van der Waals surface area (Å²) in [6, 6.07) is 0. The van der Waals surface area contributed by atoms with Gasteiger partial charge in [0.2, 0.25) is 6.29 Å². The van der Waals surface area contributed by atoms with Gasteiger partial charge in [0.25, 0.3) is 0 Å². The molecule has 7 aliphatic rings. The Labute approximate surface area is 411 Å². The molecule has 7 rings (SSSR count). The third kappa shape index (κ3) is 8.76. The third-order valence-corrected chi connectivity index (χ3v) is 19.9. The number of hydrogen-bond donors (Lipinski definition) is 8. The molecule has 0 bridgehead atoms. The van der Waals surface area contributed by atoms with Gasteiger partial charge in [0.15, 0.2) is 18.5 Å². The van der Waals surface area contributed by atoms with E-state index in [9.17, 15) is 55.2 Å². The number of aliphatic hydroxyl groups is 7. The summed E-state index contributed by atoms with van der Waals surface area (Å²) in [6.45, 7) is 21.5. The number of ether oxygens (including phenoxy) is 6. The van der Waals surface area contributed by atoms with E-state index in [1.807, 2.05) is 0 Å². The first-order valence-electron chi connectivity index (χ1n) is 25.6. The molecule has 18 heteroatoms. The maximum absolute atomic E-state index is 15.4. The molecule has 0 aromatic carbocycles. The number of carbonyl (C=O) groups excluding carboxylic acids is 3. The largest absolute Gasteiger partial charge is 0.481 e. The number of carboxylic acid groups (broad SMARTS) is 1. The van der Waals surface area contributed by atoms with Crippen LogP contribution in [-0.2, 0) is 47.6 Å². The predicted octanol–water partition coefficient (Wildman–Crippen LogP) is 3.54. The smallest absolute Gasteiger partial charge is 0.315 e. The van der Waals surface area contributed by atoms with Crippen molar-refractivity contribution in [3.8, 4) is 0 Å². The van der Waals surface area contributed by atoms with E-state index in [1.54, 1.807) is 6.92 Å². The second kappa shape index (κ2) is 19.2. The lowest BCUT2D eigenvalue weighted by atomic mass is 9.33. The van der Waals surface area contributed by atoms with Gasteiger partial charge in [0.1, 0.15) is 30.5 Å². The predicted molar refractivity (Wildman–Crippen MR) is 248 cm³/mol. The number of hydrogen-bond acceptors (Lipinski definition) is 17. The highest BCUT2D eigenvalue weighted by molar-refractivity contribution is 5.79. The van der Waals surface area contributed by atoms with Crippen molar-refractivity contribution in [3.63, 3.8) is 0 Å². The third-order valence-electron chi connectivity index (χ3n) is 19.9. The Bertz CT molecular complexity index is 2030. The molecule has 70 heavy (non-hydrogen) atoms. The van der Waals surface area contributed by atoms with Crippen LogP contribution in [0.25, 0.3) is 0 Å². The molecule has 2 saturated heterocycles. The van der Waals surface area contributed by atoms with Crippen LogP contribution < -0.4 is 0 Å². The second-order valence-corrected chi connectivity index (χ2v) is 24.4. The van der Waals surface area contributed by atoms with E-state index in [-0.39, 0.29) is 35.0 Å². The average molecular weight is 995 g/mol. The van der Waals surface area contributed by atoms with E-state index in [4.69, 9.17) is 28.4 Å². The van der Waals surface area contributed by atoms with E-state index in [2.05, 4.69) is 40.7 Å². The Morgan fingerprint density at radius 3 is 1.96 bits per heavy atom. The molecular weight excluding hydrogens is 913 g/mol. The molecule has 5 aliphatic carbocycles. The molecule has 24 atom stereocenters. The SMILES string of the molecule is C[C@H](O)[C@H](C)C(=O)O[C@@H](C)[C@H](C)C(=O)O[C@@H]1[C@H](O)[C@@H](O[C@@H]2O[C@@H](C)[C@H](O)[C@@H](O)[C@H]2O)[C@H](OC(=O)[C@]23CCC(C)(C)C[C@H]2C2=CC[C@@H]4[C@@]5(C)C[C@H](O)[C@H](O)[C@@](C)(C(=O)O)[C@@H]5CC[C@@]4(C)[C@]2(C)CC3)O[C@@H]1C. The summed E-state index contributed by atoms with van der Waals surface area (Å²) in [5.41, 5.74) is -3.07. The molecule has 2 heterocycles. The first-order valence-corrected chi connectivity index (χ1v) is 25.6. The molecule has 0 radical (unpaired) electrons. The van der Waals surface area contributed by atoms with Crippen molar-refractivity contribution in [2.75, 3.05) is 0 Å². The van der Waals surface area contributed by atoms with Gasteiger partial charge >= 0.3 is 23.9 Å². The van der Waals surface area contributed by atoms with Crippen LogP contribution in [0.2, 0.25) is 0 Å². The molecule has 2 aliphatic heterocycles. The van der Waals surface area contributed by atoms with E-state index < -0.39 is 143 Å². The minimum absolute atomic E-state index is 0.0392. The number of fused-ring (bicyclic) bond motifs is 7. The summed E-state index contributed by atoms with van der Waals surface area (Å²) in [5.74, 6) is -5.94. The molecule has 18 nitrogen and oxygen atoms in total. The van der Waals surface area contributed by atoms with Crippen LogP contribution in [0, 0.1) is 62.1 Å². The lowest BCUT2D eigenvalue weighted by Gasteiger charge is -2.71. The molecule has 0 unspecified atom stereocenters. The summed E-state index contributed by atoms with van der Waals surface area (Å²) in [5, 5.41) is 87.4. The van der Waals surface area contributed by atoms with Gasteiger partial charge in [-0.1, -0.05) is 46.3 Å². The monoisotopic (exact) mass is 995 g/mol. The fraction of sp³-hybridized carbons (Fsp3) is 0.885. The normalized spacial score (nSPS) is 48.3. The van der Waals surface area contributed by atoms with Crippen molar-refractivity contribution < 1.29 is 88.5 Å². The standard InChI is InChI=1S/C52H82O18/c1-23(25(3)53)41(60)65-26(4)24(2)42(61)68-38-28(6)67-44(39(37(38)58)69-43-36(57)35(56)34(55)27(5)66-43)70-46(64)52-19-17-47(7,8)21-30(52)29-13-14-32-48(9)22-31(54)40(59)51(12,45(62)63)33(48)15-16-50(32,11)49(29,10)18-20-52/h13,23-28,30-40,43-44,53-59H,14-22H2,1-12H3,(H,62,63)/t23-,24-,25-,26-,27-,28+,30-,31-,32+,33+,34-,35+,36+,37-,38-,39+,40-,43-,44-,48+,49+,50+,51-,52-/m0/s1. The van der Waals surface area contributed by atoms with Crippen LogP contribution in [0.15, 0.2) is 11.6 Å². The van der Waals surface area contributed by atoms with Crippen molar-refractivity contribution in [2.45, 2.75) is 227 Å². The Kier molecular flexibility index (Phi) is 15.1. The van der Waals surface area contributed by atoms with Gasteiger partial charge < -0.3 is 69.3 Å². The number of esters is 3. The van der Waals surface area contributed by atoms with Gasteiger partial charge in [-0.2, -0.15) is 0 Å². The number of rotatable bonds is 11. The van der Waals surface area contributed by atoms with Gasteiger partial charge in [-0.25, -0.2) is 0 Å². The summed E-state index contributed by atoms with van der Waals surface area (Å²) in [6.07, 6.45) is -12.9. The first-order chi connectivity index (χ1) is 32.3. The molecular formula is C52H82O18. The quantitative estimate of drug-likeness (QED) is 0.0835. The zero-order chi connectivity index (χ0) is 52.2. The van der Waals surface area contributed by atoms with Crippen molar-refractivity contribution in [3.05, 3.63) is 11.6 Å². The summed E-state index contributed by atoms with van der Waals surface area (Å²) in [4.78, 5) is 54.7. The van der Waals surface area contributed by atoms with Crippen molar-refractivity contribution in [1.82, 2.24) is 0 Å². The molecule has 4 saturated carbocycles. The molecule has 8 N–H and O–H groups in total. The molecule has 6 fully saturated rings. The molecule has 398 valence electrons. The maximum Gasteiger partial charge on any atom is 0.315 e. The average Bonchev–Trinajstić information content (AvgIpc) is 3.28. The van der Waals surface area contributed by atoms with Crippen molar-refractivity contribution in [2.24, 2.45) is 62.1 Å². The minimum Gasteiger partial charge on any atom is -0.481 e. The topological polar surface area (TPSA) is 286 Å². The van der Waals surface area contributed by atoms with Crippen LogP contribution in [0.1, 0.15) is 141 Å². The lowest BCUT2D eigenvalue weighted by molar-refractivity contribution is -0.358. The van der Waals surface area contributed by atoms with Crippen LogP contribution in [-0.4, -0.2) is 151 Å². The van der Waals surface area contributed by atoms with Gasteiger partial charge in [-0.3, -0.25) is 19.2 Å². The second-order valence-electron chi connectivity index (χ2n) is 24.4. The highest BCUT2D eigenvalue weighted by Crippen LogP contribution is 2.76. The lowest BCUT2D eigenvalue weighted by Crippen LogP contribution is -2.69. The highest BCUT2D eigenvalue weighted by atomic mass is 16.8. The number of carboxylic acids is 1. The van der Waals surface area contributed by atoms with Crippen LogP contribution in [0.4, 0.5) is 0 Å². The Morgan fingerprint density at radius 2 is 1.33 bits per heavy atom. The van der Waals surface area contributed by atoms with Gasteiger partial charge in [0.05, 0.1) is 53.2 Å². The summed E-state index contributed by atoms with van der Waals surface area (Å²) in [7, 11) is 0. The van der Waals surface area contributed by atoms with E-state index in [0.717, 1.165) is 5.57 Å². The van der Waals surface area contributed by atoms with Gasteiger partial charge in [-0.05, 0) is 146 Å². The van der Waals surface area contributed by atoms with Crippen molar-refractivity contribution >= 4 is 23.9 Å². The number of allylic oxidation sites excluding steroid dienone is 2. The summed E-state index contributed by atoms with van der Waals surface area (Å²) >= 11 is 0. The molecule has 0 spiro atoms. The Morgan fingerprint density at radius 1 is 0.700 bits per heavy atom. The fourth-order valence-electron chi connectivity index (χ4n) is 14.6. The highest BCUT2D eigenvalue weighted by Gasteiger charge is 2.72. The molecule has 0 amide bonds. The minimum atomic E-state index is -1.82. The van der Waals surface area contributed by atoms with E-state index in [0.29, 0.717) is 51.4 Å². The molecule has 0 aromatic rings. The van der Waals surface area contributed by atoms with E-state index >= 15 is 4.79 Å². The maximum atomic E-state index is 15.4. The van der Waals surface area contributed by atoms with Crippen LogP contribution in [0.3, 0.4) is 0 Å². The zero-order valence-corrected chi connectivity index (χ0v) is 43.1. The fourth-order valence-corrected chi connectivity index (χ4v) is 14.6. The van der Waals surface area contributed by atoms with Gasteiger partial charge in [-0.15, -0.1) is 0 Å².